The number of cyclic esters (lactones) is 1. The molecule has 3 aromatic rings. The smallest absolute Gasteiger partial charge is 0.410 e. The van der Waals surface area contributed by atoms with Gasteiger partial charge in [0.2, 0.25) is 0 Å². The topological polar surface area (TPSA) is 71.8 Å². The number of hydrogen-bond acceptors (Lipinski definition) is 4. The number of amides is 1. The summed E-state index contributed by atoms with van der Waals surface area (Å²) in [5, 5.41) is 9.94. The zero-order valence-corrected chi connectivity index (χ0v) is 21.7. The molecular formula is C29H33F3N2O4. The summed E-state index contributed by atoms with van der Waals surface area (Å²) < 4.78 is 44.2. The predicted octanol–water partition coefficient (Wildman–Crippen LogP) is 6.20. The van der Waals surface area contributed by atoms with Gasteiger partial charge in [-0.05, 0) is 43.5 Å². The molecule has 1 saturated heterocycles. The molecule has 0 aliphatic carbocycles. The van der Waals surface area contributed by atoms with E-state index in [0.29, 0.717) is 35.1 Å². The SMILES string of the molecule is CC(c1ccc(-c2ccc(=O)n(CC(F)(F)F)c2)cc1)N1CCC(CC(C)(C)O)OC1=O.c1ccccc1. The first-order valence-corrected chi connectivity index (χ1v) is 12.4. The molecule has 0 spiro atoms. The molecule has 1 aliphatic heterocycles. The minimum absolute atomic E-state index is 0.265. The summed E-state index contributed by atoms with van der Waals surface area (Å²) in [6.07, 6.45) is -3.09. The average Bonchev–Trinajstić information content (AvgIpc) is 2.85. The van der Waals surface area contributed by atoms with Crippen molar-refractivity contribution in [3.63, 3.8) is 0 Å². The molecule has 1 amide bonds. The summed E-state index contributed by atoms with van der Waals surface area (Å²) in [5.74, 6) is 0. The van der Waals surface area contributed by atoms with Crippen molar-refractivity contribution in [3.8, 4) is 11.1 Å². The van der Waals surface area contributed by atoms with Crippen molar-refractivity contribution >= 4 is 6.09 Å². The maximum atomic E-state index is 12.7. The van der Waals surface area contributed by atoms with Crippen LogP contribution in [-0.4, -0.2) is 45.1 Å². The molecule has 1 aromatic heterocycles. The zero-order valence-electron chi connectivity index (χ0n) is 21.7. The fraction of sp³-hybridized carbons (Fsp3) is 0.379. The van der Waals surface area contributed by atoms with Crippen LogP contribution in [0.25, 0.3) is 11.1 Å². The van der Waals surface area contributed by atoms with Crippen LogP contribution in [0.3, 0.4) is 0 Å². The summed E-state index contributed by atoms with van der Waals surface area (Å²) in [4.78, 5) is 25.8. The first kappa shape index (κ1) is 29.0. The maximum absolute atomic E-state index is 12.7. The Morgan fingerprint density at radius 2 is 1.50 bits per heavy atom. The molecular weight excluding hydrogens is 497 g/mol. The Balaban J connectivity index is 0.000000585. The van der Waals surface area contributed by atoms with E-state index in [2.05, 4.69) is 0 Å². The van der Waals surface area contributed by atoms with Crippen LogP contribution in [0.15, 0.2) is 83.8 Å². The quantitative estimate of drug-likeness (QED) is 0.412. The standard InChI is InChI=1S/C23H27F3N2O4.C6H6/c1-15(28-11-10-19(32-21(28)30)12-22(2,3)31)16-4-6-17(7-5-16)18-8-9-20(29)27(13-18)14-23(24,25)26;1-2-4-6-5-3-1/h4-9,13,15,19,31H,10-12,14H2,1-3H3;1-6H. The van der Waals surface area contributed by atoms with Gasteiger partial charge in [0.05, 0.1) is 11.6 Å². The van der Waals surface area contributed by atoms with Gasteiger partial charge in [0.15, 0.2) is 0 Å². The molecule has 4 rings (SSSR count). The third-order valence-electron chi connectivity index (χ3n) is 6.11. The summed E-state index contributed by atoms with van der Waals surface area (Å²) in [6.45, 7) is 4.36. The molecule has 1 N–H and O–H groups in total. The van der Waals surface area contributed by atoms with Crippen LogP contribution >= 0.6 is 0 Å². The fourth-order valence-electron chi connectivity index (χ4n) is 4.23. The van der Waals surface area contributed by atoms with Crippen molar-refractivity contribution in [2.24, 2.45) is 0 Å². The fourth-order valence-corrected chi connectivity index (χ4v) is 4.23. The van der Waals surface area contributed by atoms with E-state index in [1.165, 1.54) is 12.3 Å². The van der Waals surface area contributed by atoms with Crippen LogP contribution in [0, 0.1) is 0 Å². The third kappa shape index (κ3) is 8.76. The number of carbonyl (C=O) groups is 1. The Morgan fingerprint density at radius 1 is 0.947 bits per heavy atom. The highest BCUT2D eigenvalue weighted by Crippen LogP contribution is 2.29. The summed E-state index contributed by atoms with van der Waals surface area (Å²) >= 11 is 0. The van der Waals surface area contributed by atoms with Crippen LogP contribution in [0.2, 0.25) is 0 Å². The number of halogens is 3. The monoisotopic (exact) mass is 530 g/mol. The van der Waals surface area contributed by atoms with E-state index in [-0.39, 0.29) is 12.1 Å². The number of aliphatic hydroxyl groups is 1. The second-order valence-corrected chi connectivity index (χ2v) is 9.96. The Bertz CT molecular complexity index is 1210. The number of nitrogens with zero attached hydrogens (tertiary/aromatic N) is 2. The molecule has 1 fully saturated rings. The lowest BCUT2D eigenvalue weighted by Crippen LogP contribution is -2.45. The second-order valence-electron chi connectivity index (χ2n) is 9.96. The number of alkyl halides is 3. The van der Waals surface area contributed by atoms with Crippen LogP contribution < -0.4 is 5.56 Å². The van der Waals surface area contributed by atoms with E-state index in [1.54, 1.807) is 43.0 Å². The van der Waals surface area contributed by atoms with Crippen molar-refractivity contribution in [1.29, 1.82) is 0 Å². The van der Waals surface area contributed by atoms with Crippen LogP contribution in [0.5, 0.6) is 0 Å². The first-order chi connectivity index (χ1) is 17.8. The van der Waals surface area contributed by atoms with E-state index < -0.39 is 30.0 Å². The van der Waals surface area contributed by atoms with Gasteiger partial charge in [-0.2, -0.15) is 13.2 Å². The average molecular weight is 531 g/mol. The molecule has 0 saturated carbocycles. The molecule has 1 aliphatic rings. The molecule has 0 bridgehead atoms. The third-order valence-corrected chi connectivity index (χ3v) is 6.11. The second kappa shape index (κ2) is 12.3. The van der Waals surface area contributed by atoms with Gasteiger partial charge >= 0.3 is 12.3 Å². The van der Waals surface area contributed by atoms with Gasteiger partial charge in [0.1, 0.15) is 12.6 Å². The molecule has 2 atom stereocenters. The number of carbonyl (C=O) groups excluding carboxylic acids is 1. The summed E-state index contributed by atoms with van der Waals surface area (Å²) in [5.41, 5.74) is 0.346. The minimum Gasteiger partial charge on any atom is -0.446 e. The van der Waals surface area contributed by atoms with Crippen molar-refractivity contribution in [1.82, 2.24) is 9.47 Å². The number of rotatable bonds is 6. The largest absolute Gasteiger partial charge is 0.446 e. The molecule has 0 radical (unpaired) electrons. The number of benzene rings is 2. The van der Waals surface area contributed by atoms with Gasteiger partial charge in [-0.3, -0.25) is 4.79 Å². The molecule has 2 aromatic carbocycles. The summed E-state index contributed by atoms with van der Waals surface area (Å²) in [7, 11) is 0. The van der Waals surface area contributed by atoms with Gasteiger partial charge in [-0.25, -0.2) is 4.79 Å². The van der Waals surface area contributed by atoms with Crippen molar-refractivity contribution in [2.75, 3.05) is 6.54 Å². The van der Waals surface area contributed by atoms with Gasteiger partial charge in [-0.1, -0.05) is 60.7 Å². The Hall–Kier alpha value is -3.59. The van der Waals surface area contributed by atoms with Gasteiger partial charge in [0, 0.05) is 31.6 Å². The highest BCUT2D eigenvalue weighted by Gasteiger charge is 2.33. The summed E-state index contributed by atoms with van der Waals surface area (Å²) in [6, 6.07) is 21.4. The van der Waals surface area contributed by atoms with E-state index in [0.717, 1.165) is 11.6 Å². The number of pyridine rings is 1. The molecule has 6 nitrogen and oxygen atoms in total. The van der Waals surface area contributed by atoms with Crippen LogP contribution in [-0.2, 0) is 11.3 Å². The van der Waals surface area contributed by atoms with E-state index >= 15 is 0 Å². The first-order valence-electron chi connectivity index (χ1n) is 12.4. The number of ether oxygens (including phenoxy) is 1. The van der Waals surface area contributed by atoms with Crippen LogP contribution in [0.4, 0.5) is 18.0 Å². The Labute approximate surface area is 220 Å². The van der Waals surface area contributed by atoms with E-state index in [9.17, 15) is 27.9 Å². The Morgan fingerprint density at radius 3 is 2.00 bits per heavy atom. The van der Waals surface area contributed by atoms with Crippen molar-refractivity contribution in [3.05, 3.63) is 94.9 Å². The predicted molar refractivity (Wildman–Crippen MR) is 140 cm³/mol. The number of aromatic nitrogens is 1. The van der Waals surface area contributed by atoms with Gasteiger partial charge < -0.3 is 19.3 Å². The van der Waals surface area contributed by atoms with Gasteiger partial charge in [-0.15, -0.1) is 0 Å². The highest BCUT2D eigenvalue weighted by molar-refractivity contribution is 5.69. The van der Waals surface area contributed by atoms with Crippen LogP contribution in [0.1, 0.15) is 45.2 Å². The Kier molecular flexibility index (Phi) is 9.38. The normalized spacial score (nSPS) is 16.8. The maximum Gasteiger partial charge on any atom is 0.410 e. The lowest BCUT2D eigenvalue weighted by molar-refractivity contribution is -0.141. The van der Waals surface area contributed by atoms with Crippen molar-refractivity contribution in [2.45, 2.75) is 64.1 Å². The van der Waals surface area contributed by atoms with E-state index in [4.69, 9.17) is 4.74 Å². The zero-order chi connectivity index (χ0) is 27.9. The molecule has 2 unspecified atom stereocenters. The molecule has 9 heteroatoms. The van der Waals surface area contributed by atoms with Crippen molar-refractivity contribution < 1.29 is 27.8 Å². The molecule has 2 heterocycles. The van der Waals surface area contributed by atoms with Gasteiger partial charge in [0.25, 0.3) is 5.56 Å². The minimum atomic E-state index is -4.49. The molecule has 204 valence electrons. The highest BCUT2D eigenvalue weighted by atomic mass is 19.4. The lowest BCUT2D eigenvalue weighted by atomic mass is 9.97. The number of hydrogen-bond donors (Lipinski definition) is 1. The lowest BCUT2D eigenvalue weighted by Gasteiger charge is -2.37. The molecule has 38 heavy (non-hydrogen) atoms. The van der Waals surface area contributed by atoms with E-state index in [1.807, 2.05) is 43.3 Å².